The zero-order valence-electron chi connectivity index (χ0n) is 18.5. The smallest absolute Gasteiger partial charge is 0.337 e. The van der Waals surface area contributed by atoms with Crippen LogP contribution in [0.2, 0.25) is 0 Å². The van der Waals surface area contributed by atoms with E-state index in [2.05, 4.69) is 10.2 Å². The first-order valence-corrected chi connectivity index (χ1v) is 12.5. The Bertz CT molecular complexity index is 1140. The number of benzene rings is 1. The van der Waals surface area contributed by atoms with Crippen molar-refractivity contribution in [2.75, 3.05) is 19.6 Å². The van der Waals surface area contributed by atoms with Crippen LogP contribution in [0.15, 0.2) is 24.3 Å². The number of amides is 1. The number of hydrogen-bond acceptors (Lipinski definition) is 4. The summed E-state index contributed by atoms with van der Waals surface area (Å²) in [5, 5.41) is 6.45. The Balaban J connectivity index is 0.00000324. The van der Waals surface area contributed by atoms with Crippen LogP contribution in [0.4, 0.5) is 13.2 Å². The Morgan fingerprint density at radius 2 is 1.85 bits per heavy atom. The van der Waals surface area contributed by atoms with Crippen molar-refractivity contribution < 1.29 is 27.8 Å². The van der Waals surface area contributed by atoms with Crippen molar-refractivity contribution in [3.05, 3.63) is 52.3 Å². The molecule has 1 amide bonds. The number of nitrogens with one attached hydrogen (secondary N) is 1. The first-order chi connectivity index (χ1) is 15.5. The molecule has 1 N–H and O–H groups in total. The Morgan fingerprint density at radius 1 is 1.18 bits per heavy atom. The van der Waals surface area contributed by atoms with Gasteiger partial charge in [-0.2, -0.15) is 22.6 Å². The number of carbonyl (C=O) groups is 1. The number of fused-ring (bicyclic) bond motifs is 1. The molecule has 33 heavy (non-hydrogen) atoms. The van der Waals surface area contributed by atoms with Crippen LogP contribution in [0.25, 0.3) is 0 Å². The second-order valence-electron chi connectivity index (χ2n) is 8.86. The molecule has 3 heterocycles. The van der Waals surface area contributed by atoms with E-state index < -0.39 is 27.0 Å². The van der Waals surface area contributed by atoms with E-state index in [1.54, 1.807) is 24.8 Å². The fourth-order valence-corrected chi connectivity index (χ4v) is 5.89. The maximum absolute atomic E-state index is 13.4. The van der Waals surface area contributed by atoms with Gasteiger partial charge in [0, 0.05) is 26.6 Å². The van der Waals surface area contributed by atoms with Gasteiger partial charge in [-0.3, -0.25) is 9.89 Å². The summed E-state index contributed by atoms with van der Waals surface area (Å²) < 4.78 is 66.5. The van der Waals surface area contributed by atoms with E-state index in [4.69, 9.17) is 0 Å². The van der Waals surface area contributed by atoms with Crippen molar-refractivity contribution in [1.29, 1.82) is 0 Å². The quantitative estimate of drug-likeness (QED) is 0.713. The summed E-state index contributed by atoms with van der Waals surface area (Å²) >= 11 is 0. The lowest BCUT2D eigenvalue weighted by atomic mass is 9.86. The van der Waals surface area contributed by atoms with Gasteiger partial charge in [0.15, 0.2) is 5.69 Å². The number of aromatic amines is 1. The van der Waals surface area contributed by atoms with Crippen molar-refractivity contribution in [2.45, 2.75) is 57.0 Å². The van der Waals surface area contributed by atoms with E-state index in [0.717, 1.165) is 11.6 Å². The fourth-order valence-electron chi connectivity index (χ4n) is 4.64. The van der Waals surface area contributed by atoms with Crippen molar-refractivity contribution in [1.82, 2.24) is 19.4 Å². The molecule has 1 fully saturated rings. The number of aromatic nitrogens is 2. The van der Waals surface area contributed by atoms with Gasteiger partial charge in [0.05, 0.1) is 23.1 Å². The summed E-state index contributed by atoms with van der Waals surface area (Å²) in [5.74, 6) is -0.537. The molecule has 182 valence electrons. The normalized spacial score (nSPS) is 18.5. The number of hydrogen-bond donors (Lipinski definition) is 1. The van der Waals surface area contributed by atoms with Gasteiger partial charge in [-0.25, -0.2) is 8.42 Å². The largest absolute Gasteiger partial charge is 0.416 e. The van der Waals surface area contributed by atoms with E-state index in [9.17, 15) is 26.4 Å². The van der Waals surface area contributed by atoms with Crippen LogP contribution in [0.5, 0.6) is 0 Å². The molecule has 4 rings (SSSR count). The number of alkyl halides is 3. The molecule has 1 saturated heterocycles. The molecule has 0 saturated carbocycles. The molecule has 2 aliphatic rings. The molecule has 1 aromatic heterocycles. The number of likely N-dealkylation sites (tertiary alicyclic amines) is 1. The minimum atomic E-state index is -4.41. The van der Waals surface area contributed by atoms with Crippen LogP contribution < -0.4 is 0 Å². The lowest BCUT2D eigenvalue weighted by molar-refractivity contribution is -0.138. The van der Waals surface area contributed by atoms with E-state index in [1.165, 1.54) is 16.4 Å². The van der Waals surface area contributed by atoms with Crippen LogP contribution in [0.3, 0.4) is 0 Å². The Kier molecular flexibility index (Phi) is 6.30. The Labute approximate surface area is 192 Å². The summed E-state index contributed by atoms with van der Waals surface area (Å²) in [6.45, 7) is 4.36. The van der Waals surface area contributed by atoms with E-state index in [-0.39, 0.29) is 37.6 Å². The number of rotatable bonds is 4. The van der Waals surface area contributed by atoms with Crippen LogP contribution in [0.1, 0.15) is 66.9 Å². The minimum absolute atomic E-state index is 0. The SMILES string of the molecule is CC(C)S(=O)(=O)N1CCc2c(C(=O)N3CCC(c4ccccc4C(F)(F)F)CC3)n[nH]c2C1.[HH]. The molecule has 0 radical (unpaired) electrons. The molecule has 2 aromatic rings. The average Bonchev–Trinajstić information content (AvgIpc) is 3.21. The summed E-state index contributed by atoms with van der Waals surface area (Å²) in [6, 6.07) is 5.62. The highest BCUT2D eigenvalue weighted by Crippen LogP contribution is 2.39. The van der Waals surface area contributed by atoms with Crippen molar-refractivity contribution in [3.8, 4) is 0 Å². The second kappa shape index (κ2) is 8.75. The molecule has 0 bridgehead atoms. The first-order valence-electron chi connectivity index (χ1n) is 11.0. The third-order valence-electron chi connectivity index (χ3n) is 6.54. The first kappa shape index (κ1) is 23.7. The molecule has 0 atom stereocenters. The van der Waals surface area contributed by atoms with Crippen molar-refractivity contribution in [2.24, 2.45) is 0 Å². The molecule has 11 heteroatoms. The van der Waals surface area contributed by atoms with Crippen LogP contribution in [-0.2, 0) is 29.2 Å². The lowest BCUT2D eigenvalue weighted by Crippen LogP contribution is -2.41. The predicted octanol–water partition coefficient (Wildman–Crippen LogP) is 3.79. The average molecular weight is 487 g/mol. The van der Waals surface area contributed by atoms with Crippen LogP contribution in [0, 0.1) is 0 Å². The second-order valence-corrected chi connectivity index (χ2v) is 11.3. The number of H-pyrrole nitrogens is 1. The molecular formula is C22H29F3N4O3S. The third-order valence-corrected chi connectivity index (χ3v) is 8.77. The van der Waals surface area contributed by atoms with Gasteiger partial charge in [0.2, 0.25) is 10.0 Å². The molecular weight excluding hydrogens is 457 g/mol. The minimum Gasteiger partial charge on any atom is -0.337 e. The van der Waals surface area contributed by atoms with Gasteiger partial charge in [0.25, 0.3) is 5.91 Å². The monoisotopic (exact) mass is 486 g/mol. The maximum atomic E-state index is 13.4. The highest BCUT2D eigenvalue weighted by Gasteiger charge is 2.37. The van der Waals surface area contributed by atoms with E-state index in [0.29, 0.717) is 38.0 Å². The maximum Gasteiger partial charge on any atom is 0.416 e. The summed E-state index contributed by atoms with van der Waals surface area (Å²) in [4.78, 5) is 14.7. The van der Waals surface area contributed by atoms with E-state index >= 15 is 0 Å². The molecule has 2 aliphatic heterocycles. The molecule has 0 aliphatic carbocycles. The number of piperidine rings is 1. The van der Waals surface area contributed by atoms with Crippen LogP contribution in [-0.4, -0.2) is 58.6 Å². The fraction of sp³-hybridized carbons (Fsp3) is 0.545. The van der Waals surface area contributed by atoms with Gasteiger partial charge in [-0.05, 0) is 50.7 Å². The zero-order chi connectivity index (χ0) is 24.0. The zero-order valence-corrected chi connectivity index (χ0v) is 19.3. The van der Waals surface area contributed by atoms with Crippen molar-refractivity contribution >= 4 is 15.9 Å². The Hall–Kier alpha value is -2.40. The number of carbonyl (C=O) groups excluding carboxylic acids is 1. The highest BCUT2D eigenvalue weighted by molar-refractivity contribution is 7.89. The van der Waals surface area contributed by atoms with E-state index in [1.807, 2.05) is 0 Å². The summed E-state index contributed by atoms with van der Waals surface area (Å²) in [7, 11) is -3.41. The highest BCUT2D eigenvalue weighted by atomic mass is 32.2. The van der Waals surface area contributed by atoms with Gasteiger partial charge >= 0.3 is 6.18 Å². The van der Waals surface area contributed by atoms with Gasteiger partial charge < -0.3 is 4.90 Å². The topological polar surface area (TPSA) is 86.4 Å². The molecule has 7 nitrogen and oxygen atoms in total. The van der Waals surface area contributed by atoms with Gasteiger partial charge in [0.1, 0.15) is 0 Å². The Morgan fingerprint density at radius 3 is 2.48 bits per heavy atom. The predicted molar refractivity (Wildman–Crippen MR) is 118 cm³/mol. The molecule has 0 unspecified atom stereocenters. The number of sulfonamides is 1. The molecule has 1 aromatic carbocycles. The van der Waals surface area contributed by atoms with Gasteiger partial charge in [-0.1, -0.05) is 18.2 Å². The molecule has 0 spiro atoms. The standard InChI is InChI=1S/C22H27F3N4O3S.H2/c1-14(2)33(31,32)29-12-9-17-19(13-29)26-27-20(17)21(30)28-10-7-15(8-11-28)16-5-3-4-6-18(16)22(23,24)25;/h3-6,14-15H,7-13H2,1-2H3,(H,26,27);1H. The summed E-state index contributed by atoms with van der Waals surface area (Å²) in [5.41, 5.74) is 1.28. The van der Waals surface area contributed by atoms with Crippen LogP contribution >= 0.6 is 0 Å². The third kappa shape index (κ3) is 4.52. The number of halogens is 3. The number of nitrogens with zero attached hydrogens (tertiary/aromatic N) is 3. The van der Waals surface area contributed by atoms with Crippen molar-refractivity contribution in [3.63, 3.8) is 0 Å². The summed E-state index contributed by atoms with van der Waals surface area (Å²) in [6.07, 6.45) is -3.15. The lowest BCUT2D eigenvalue weighted by Gasteiger charge is -2.33. The van der Waals surface area contributed by atoms with Gasteiger partial charge in [-0.15, -0.1) is 0 Å².